The third kappa shape index (κ3) is 2.81. The topological polar surface area (TPSA) is 66.8 Å². The van der Waals surface area contributed by atoms with Crippen LogP contribution in [0.1, 0.15) is 37.9 Å². The number of carbonyl (C=O) groups is 2. The number of methoxy groups -OCH3 is 1. The standard InChI is InChI=1S/C23H19NO4/c1-14-7-9-15(10-8-14)24-21(17-5-3-4-6-18(17)23(24)27)22(26)19-13-16(28-2)11-12-20(19)25/h3-13,21,25H,1-2H3/t21-/m0/s1. The lowest BCUT2D eigenvalue weighted by molar-refractivity contribution is 0.0914. The summed E-state index contributed by atoms with van der Waals surface area (Å²) in [6.07, 6.45) is 0. The number of carbonyl (C=O) groups excluding carboxylic acids is 2. The zero-order chi connectivity index (χ0) is 19.8. The van der Waals surface area contributed by atoms with Gasteiger partial charge in [-0.3, -0.25) is 14.5 Å². The molecule has 5 heteroatoms. The second-order valence-corrected chi connectivity index (χ2v) is 6.75. The van der Waals surface area contributed by atoms with Crippen molar-refractivity contribution < 1.29 is 19.4 Å². The molecule has 1 aliphatic rings. The van der Waals surface area contributed by atoms with Gasteiger partial charge in [0, 0.05) is 11.3 Å². The van der Waals surface area contributed by atoms with Crippen molar-refractivity contribution in [1.82, 2.24) is 0 Å². The van der Waals surface area contributed by atoms with Gasteiger partial charge in [0.25, 0.3) is 5.91 Å². The Morgan fingerprint density at radius 3 is 2.46 bits per heavy atom. The van der Waals surface area contributed by atoms with E-state index < -0.39 is 6.04 Å². The van der Waals surface area contributed by atoms with E-state index in [1.807, 2.05) is 31.2 Å². The van der Waals surface area contributed by atoms with Crippen LogP contribution in [0, 0.1) is 6.92 Å². The zero-order valence-electron chi connectivity index (χ0n) is 15.5. The number of anilines is 1. The van der Waals surface area contributed by atoms with Crippen molar-refractivity contribution in [2.45, 2.75) is 13.0 Å². The van der Waals surface area contributed by atoms with Crippen LogP contribution in [-0.2, 0) is 0 Å². The van der Waals surface area contributed by atoms with Gasteiger partial charge in [-0.2, -0.15) is 0 Å². The highest BCUT2D eigenvalue weighted by molar-refractivity contribution is 6.19. The molecule has 0 saturated carbocycles. The lowest BCUT2D eigenvalue weighted by atomic mass is 9.96. The molecule has 5 nitrogen and oxygen atoms in total. The van der Waals surface area contributed by atoms with E-state index in [-0.39, 0.29) is 23.0 Å². The molecule has 1 aliphatic heterocycles. The SMILES string of the molecule is COc1ccc(O)c(C(=O)[C@@H]2c3ccccc3C(=O)N2c2ccc(C)cc2)c1. The van der Waals surface area contributed by atoms with Gasteiger partial charge in [-0.05, 0) is 48.9 Å². The molecule has 0 aliphatic carbocycles. The van der Waals surface area contributed by atoms with Crippen molar-refractivity contribution in [3.8, 4) is 11.5 Å². The summed E-state index contributed by atoms with van der Waals surface area (Å²) in [6.45, 7) is 1.96. The molecule has 4 rings (SSSR count). The number of phenols is 1. The second-order valence-electron chi connectivity index (χ2n) is 6.75. The number of amides is 1. The number of aryl methyl sites for hydroxylation is 1. The lowest BCUT2D eigenvalue weighted by Gasteiger charge is -2.25. The minimum atomic E-state index is -0.857. The smallest absolute Gasteiger partial charge is 0.259 e. The number of rotatable bonds is 4. The molecule has 3 aromatic carbocycles. The summed E-state index contributed by atoms with van der Waals surface area (Å²) < 4.78 is 5.19. The summed E-state index contributed by atoms with van der Waals surface area (Å²) in [7, 11) is 1.49. The van der Waals surface area contributed by atoms with Gasteiger partial charge in [-0.15, -0.1) is 0 Å². The number of fused-ring (bicyclic) bond motifs is 1. The first-order valence-electron chi connectivity index (χ1n) is 8.91. The highest BCUT2D eigenvalue weighted by Gasteiger charge is 2.42. The first kappa shape index (κ1) is 17.8. The molecule has 28 heavy (non-hydrogen) atoms. The summed E-state index contributed by atoms with van der Waals surface area (Å²) in [6, 6.07) is 18.2. The van der Waals surface area contributed by atoms with Gasteiger partial charge in [-0.1, -0.05) is 35.9 Å². The van der Waals surface area contributed by atoms with Crippen LogP contribution in [0.25, 0.3) is 0 Å². The molecule has 0 bridgehead atoms. The molecule has 1 amide bonds. The molecule has 140 valence electrons. The van der Waals surface area contributed by atoms with E-state index in [9.17, 15) is 14.7 Å². The first-order chi connectivity index (χ1) is 13.5. The Bertz CT molecular complexity index is 1070. The Balaban J connectivity index is 1.87. The molecule has 0 spiro atoms. The lowest BCUT2D eigenvalue weighted by Crippen LogP contribution is -2.32. The predicted octanol–water partition coefficient (Wildman–Crippen LogP) is 4.29. The van der Waals surface area contributed by atoms with Crippen LogP contribution in [0.2, 0.25) is 0 Å². The first-order valence-corrected chi connectivity index (χ1v) is 8.91. The summed E-state index contributed by atoms with van der Waals surface area (Å²) in [4.78, 5) is 28.1. The molecular formula is C23H19NO4. The Kier molecular flexibility index (Phi) is 4.35. The third-order valence-electron chi connectivity index (χ3n) is 4.99. The molecule has 0 radical (unpaired) electrons. The molecule has 3 aromatic rings. The van der Waals surface area contributed by atoms with Crippen molar-refractivity contribution in [1.29, 1.82) is 0 Å². The third-order valence-corrected chi connectivity index (χ3v) is 4.99. The van der Waals surface area contributed by atoms with E-state index in [4.69, 9.17) is 4.74 Å². The maximum absolute atomic E-state index is 13.5. The zero-order valence-corrected chi connectivity index (χ0v) is 15.5. The van der Waals surface area contributed by atoms with E-state index in [0.717, 1.165) is 5.56 Å². The fourth-order valence-corrected chi connectivity index (χ4v) is 3.53. The minimum absolute atomic E-state index is 0.117. The monoisotopic (exact) mass is 373 g/mol. The number of hydrogen-bond acceptors (Lipinski definition) is 4. The van der Waals surface area contributed by atoms with E-state index in [2.05, 4.69) is 0 Å². The molecule has 1 heterocycles. The van der Waals surface area contributed by atoms with Gasteiger partial charge in [0.1, 0.15) is 17.5 Å². The van der Waals surface area contributed by atoms with Crippen LogP contribution in [0.3, 0.4) is 0 Å². The molecular weight excluding hydrogens is 354 g/mol. The highest BCUT2D eigenvalue weighted by atomic mass is 16.5. The second kappa shape index (κ2) is 6.85. The van der Waals surface area contributed by atoms with Crippen molar-refractivity contribution in [3.63, 3.8) is 0 Å². The molecule has 1 N–H and O–H groups in total. The van der Waals surface area contributed by atoms with Crippen molar-refractivity contribution in [2.24, 2.45) is 0 Å². The van der Waals surface area contributed by atoms with Crippen molar-refractivity contribution >= 4 is 17.4 Å². The normalized spacial score (nSPS) is 15.4. The van der Waals surface area contributed by atoms with Crippen LogP contribution >= 0.6 is 0 Å². The van der Waals surface area contributed by atoms with Crippen molar-refractivity contribution in [2.75, 3.05) is 12.0 Å². The number of ketones is 1. The van der Waals surface area contributed by atoms with E-state index in [1.165, 1.54) is 24.1 Å². The Morgan fingerprint density at radius 2 is 1.75 bits per heavy atom. The summed E-state index contributed by atoms with van der Waals surface area (Å²) in [5, 5.41) is 10.3. The number of Topliss-reactive ketones (excluding diaryl/α,β-unsaturated/α-hetero) is 1. The van der Waals surface area contributed by atoms with Gasteiger partial charge in [-0.25, -0.2) is 0 Å². The average Bonchev–Trinajstić information content (AvgIpc) is 3.01. The van der Waals surface area contributed by atoms with Crippen LogP contribution < -0.4 is 9.64 Å². The summed E-state index contributed by atoms with van der Waals surface area (Å²) in [5.41, 5.74) is 2.92. The molecule has 0 aromatic heterocycles. The fraction of sp³-hybridized carbons (Fsp3) is 0.130. The van der Waals surface area contributed by atoms with Gasteiger partial charge in [0.15, 0.2) is 5.78 Å². The number of hydrogen-bond donors (Lipinski definition) is 1. The number of benzene rings is 3. The molecule has 1 atom stereocenters. The molecule has 0 unspecified atom stereocenters. The number of aromatic hydroxyl groups is 1. The number of nitrogens with zero attached hydrogens (tertiary/aromatic N) is 1. The Labute approximate surface area is 162 Å². The minimum Gasteiger partial charge on any atom is -0.507 e. The predicted molar refractivity (Wildman–Crippen MR) is 106 cm³/mol. The van der Waals surface area contributed by atoms with E-state index in [0.29, 0.717) is 22.6 Å². The quantitative estimate of drug-likeness (QED) is 0.693. The Hall–Kier alpha value is -3.60. The largest absolute Gasteiger partial charge is 0.507 e. The van der Waals surface area contributed by atoms with E-state index in [1.54, 1.807) is 30.3 Å². The maximum atomic E-state index is 13.5. The van der Waals surface area contributed by atoms with Gasteiger partial charge < -0.3 is 9.84 Å². The van der Waals surface area contributed by atoms with Gasteiger partial charge in [0.05, 0.1) is 12.7 Å². The number of ether oxygens (including phenoxy) is 1. The van der Waals surface area contributed by atoms with Crippen LogP contribution in [0.5, 0.6) is 11.5 Å². The average molecular weight is 373 g/mol. The van der Waals surface area contributed by atoms with Gasteiger partial charge in [0.2, 0.25) is 0 Å². The highest BCUT2D eigenvalue weighted by Crippen LogP contribution is 2.41. The van der Waals surface area contributed by atoms with Crippen LogP contribution in [-0.4, -0.2) is 23.9 Å². The molecule has 0 saturated heterocycles. The summed E-state index contributed by atoms with van der Waals surface area (Å²) >= 11 is 0. The van der Waals surface area contributed by atoms with Crippen molar-refractivity contribution in [3.05, 3.63) is 89.0 Å². The van der Waals surface area contributed by atoms with E-state index >= 15 is 0 Å². The number of phenolic OH excluding ortho intramolecular Hbond substituents is 1. The van der Waals surface area contributed by atoms with Gasteiger partial charge >= 0.3 is 0 Å². The van der Waals surface area contributed by atoms with Crippen LogP contribution in [0.4, 0.5) is 5.69 Å². The summed E-state index contributed by atoms with van der Waals surface area (Å²) in [5.74, 6) is -0.289. The molecule has 0 fully saturated rings. The van der Waals surface area contributed by atoms with Crippen LogP contribution in [0.15, 0.2) is 66.7 Å². The Morgan fingerprint density at radius 1 is 1.04 bits per heavy atom. The fourth-order valence-electron chi connectivity index (χ4n) is 3.53. The maximum Gasteiger partial charge on any atom is 0.259 e.